The molecule has 0 saturated carbocycles. The van der Waals surface area contributed by atoms with E-state index >= 15 is 8.78 Å². The highest BCUT2D eigenvalue weighted by atomic mass is 19.1. The topological polar surface area (TPSA) is 82.1 Å². The first kappa shape index (κ1) is 29.4. The van der Waals surface area contributed by atoms with Crippen molar-refractivity contribution < 1.29 is 32.1 Å². The Morgan fingerprint density at radius 2 is 1.98 bits per heavy atom. The first-order chi connectivity index (χ1) is 21.8. The van der Waals surface area contributed by atoms with Crippen molar-refractivity contribution in [2.45, 2.75) is 37.4 Å². The molecule has 4 aromatic rings. The van der Waals surface area contributed by atoms with Crippen LogP contribution in [-0.2, 0) is 4.74 Å². The number of nitrogens with zero attached hydrogens (tertiary/aromatic N) is 5. The zero-order chi connectivity index (χ0) is 31.3. The molecular formula is C33H32F3N5O4. The summed E-state index contributed by atoms with van der Waals surface area (Å²) in [6.07, 6.45) is 7.60. The van der Waals surface area contributed by atoms with Crippen molar-refractivity contribution in [3.63, 3.8) is 0 Å². The quantitative estimate of drug-likeness (QED) is 0.203. The summed E-state index contributed by atoms with van der Waals surface area (Å²) < 4.78 is 69.3. The molecule has 2 aromatic heterocycles. The molecule has 0 unspecified atom stereocenters. The normalized spacial score (nSPS) is 21.3. The molecule has 2 fully saturated rings. The van der Waals surface area contributed by atoms with Gasteiger partial charge in [-0.2, -0.15) is 9.97 Å². The van der Waals surface area contributed by atoms with Gasteiger partial charge in [0.25, 0.3) is 0 Å². The fourth-order valence-electron chi connectivity index (χ4n) is 6.90. The minimum absolute atomic E-state index is 0.0344. The zero-order valence-corrected chi connectivity index (χ0v) is 25.0. The molecule has 0 amide bonds. The SMILES string of the molecule is C#Cc1c(F)ccc2cc(OCOC)cc(-c3nc4c5c(nc(OC[C@@]67CCCN6C[C@H](F)C7)nc5c3F)N(C)CCCO4)c12. The summed E-state index contributed by atoms with van der Waals surface area (Å²) in [6, 6.07) is 5.98. The van der Waals surface area contributed by atoms with Crippen molar-refractivity contribution in [3.8, 4) is 41.2 Å². The predicted molar refractivity (Wildman–Crippen MR) is 163 cm³/mol. The van der Waals surface area contributed by atoms with Crippen molar-refractivity contribution in [2.24, 2.45) is 0 Å². The van der Waals surface area contributed by atoms with Crippen LogP contribution in [0.25, 0.3) is 32.9 Å². The molecule has 9 nitrogen and oxygen atoms in total. The van der Waals surface area contributed by atoms with Crippen molar-refractivity contribution in [3.05, 3.63) is 41.5 Å². The molecule has 45 heavy (non-hydrogen) atoms. The van der Waals surface area contributed by atoms with Crippen molar-refractivity contribution in [1.82, 2.24) is 19.9 Å². The van der Waals surface area contributed by atoms with E-state index in [1.165, 1.54) is 13.2 Å². The fraction of sp³-hybridized carbons (Fsp3) is 0.424. The summed E-state index contributed by atoms with van der Waals surface area (Å²) in [5.41, 5.74) is -0.509. The Bertz CT molecular complexity index is 1850. The van der Waals surface area contributed by atoms with E-state index in [1.54, 1.807) is 18.2 Å². The summed E-state index contributed by atoms with van der Waals surface area (Å²) >= 11 is 0. The number of hydrogen-bond donors (Lipinski definition) is 0. The van der Waals surface area contributed by atoms with Gasteiger partial charge in [-0.3, -0.25) is 4.90 Å². The molecule has 0 radical (unpaired) electrons. The Balaban J connectivity index is 1.43. The van der Waals surface area contributed by atoms with Crippen LogP contribution in [0.4, 0.5) is 19.0 Å². The summed E-state index contributed by atoms with van der Waals surface area (Å²) in [4.78, 5) is 17.9. The number of benzene rings is 2. The number of anilines is 1. The Kier molecular flexibility index (Phi) is 7.54. The molecular weight excluding hydrogens is 587 g/mol. The summed E-state index contributed by atoms with van der Waals surface area (Å²) in [5, 5.41) is 1.10. The number of terminal acetylenes is 1. The van der Waals surface area contributed by atoms with E-state index in [1.807, 2.05) is 11.9 Å². The second-order valence-electron chi connectivity index (χ2n) is 11.8. The van der Waals surface area contributed by atoms with Gasteiger partial charge in [-0.05, 0) is 49.4 Å². The average Bonchev–Trinajstić information content (AvgIpc) is 3.56. The molecule has 0 spiro atoms. The first-order valence-electron chi connectivity index (χ1n) is 14.9. The second-order valence-corrected chi connectivity index (χ2v) is 11.8. The Morgan fingerprint density at radius 3 is 2.80 bits per heavy atom. The number of methoxy groups -OCH3 is 1. The van der Waals surface area contributed by atoms with E-state index in [4.69, 9.17) is 25.4 Å². The molecule has 2 aromatic carbocycles. The summed E-state index contributed by atoms with van der Waals surface area (Å²) in [7, 11) is 3.33. The van der Waals surface area contributed by atoms with E-state index in [0.717, 1.165) is 19.4 Å². The Morgan fingerprint density at radius 1 is 1.11 bits per heavy atom. The lowest BCUT2D eigenvalue weighted by Gasteiger charge is -2.31. The van der Waals surface area contributed by atoms with Gasteiger partial charge in [0.2, 0.25) is 5.88 Å². The van der Waals surface area contributed by atoms with Crippen LogP contribution in [0, 0.1) is 24.0 Å². The van der Waals surface area contributed by atoms with Crippen molar-refractivity contribution in [1.29, 1.82) is 0 Å². The molecule has 234 valence electrons. The van der Waals surface area contributed by atoms with Crippen molar-refractivity contribution >= 4 is 27.5 Å². The number of halogens is 3. The molecule has 7 rings (SSSR count). The number of pyridine rings is 1. The number of hydrogen-bond acceptors (Lipinski definition) is 9. The van der Waals surface area contributed by atoms with Gasteiger partial charge < -0.3 is 23.8 Å². The first-order valence-corrected chi connectivity index (χ1v) is 14.9. The molecule has 0 N–H and O–H groups in total. The largest absolute Gasteiger partial charge is 0.477 e. The smallest absolute Gasteiger partial charge is 0.319 e. The number of aromatic nitrogens is 3. The van der Waals surface area contributed by atoms with Gasteiger partial charge in [-0.1, -0.05) is 12.0 Å². The van der Waals surface area contributed by atoms with Gasteiger partial charge in [0.1, 0.15) is 46.8 Å². The molecule has 0 aliphatic carbocycles. The maximum Gasteiger partial charge on any atom is 0.319 e. The Labute approximate surface area is 258 Å². The third kappa shape index (κ3) is 5.04. The summed E-state index contributed by atoms with van der Waals surface area (Å²) in [5.74, 6) is 1.86. The third-order valence-corrected chi connectivity index (χ3v) is 8.96. The highest BCUT2D eigenvalue weighted by Gasteiger charge is 2.49. The van der Waals surface area contributed by atoms with Crippen LogP contribution >= 0.6 is 0 Å². The monoisotopic (exact) mass is 619 g/mol. The molecule has 0 bridgehead atoms. The number of fused-ring (bicyclic) bond motifs is 2. The van der Waals surface area contributed by atoms with Crippen LogP contribution in [-0.4, -0.2) is 85.4 Å². The van der Waals surface area contributed by atoms with E-state index in [-0.39, 0.29) is 58.4 Å². The maximum atomic E-state index is 16.9. The van der Waals surface area contributed by atoms with Gasteiger partial charge >= 0.3 is 6.01 Å². The number of rotatable bonds is 7. The van der Waals surface area contributed by atoms with E-state index in [9.17, 15) is 4.39 Å². The Hall–Kier alpha value is -4.34. The van der Waals surface area contributed by atoms with E-state index in [2.05, 4.69) is 25.8 Å². The maximum absolute atomic E-state index is 16.9. The minimum Gasteiger partial charge on any atom is -0.477 e. The average molecular weight is 620 g/mol. The number of ether oxygens (including phenoxy) is 4. The van der Waals surface area contributed by atoms with E-state index < -0.39 is 23.3 Å². The van der Waals surface area contributed by atoms with Crippen molar-refractivity contribution in [2.75, 3.05) is 58.7 Å². The summed E-state index contributed by atoms with van der Waals surface area (Å²) in [6.45, 7) is 2.20. The van der Waals surface area contributed by atoms with E-state index in [0.29, 0.717) is 49.5 Å². The standard InChI is InChI=1S/C33H32F3N5O4/c1-4-22-24(35)8-7-19-13-21(45-18-42-3)14-23(25(19)22)28-27(36)29-26-30(40(2)10-6-12-43-31(26)37-28)39-32(38-29)44-17-33-9-5-11-41(33)16-20(34)15-33/h1,7-8,13-14,20H,5-6,9-12,15-18H2,2-3H3/t20-,33+/m1/s1. The van der Waals surface area contributed by atoms with Crippen LogP contribution in [0.15, 0.2) is 24.3 Å². The predicted octanol–water partition coefficient (Wildman–Crippen LogP) is 5.26. The van der Waals surface area contributed by atoms with Gasteiger partial charge in [0.05, 0.1) is 17.7 Å². The molecule has 2 atom stereocenters. The highest BCUT2D eigenvalue weighted by Crippen LogP contribution is 2.43. The molecule has 5 heterocycles. The van der Waals surface area contributed by atoms with Crippen LogP contribution in [0.3, 0.4) is 0 Å². The molecule has 2 saturated heterocycles. The van der Waals surface area contributed by atoms with Gasteiger partial charge in [0, 0.05) is 44.6 Å². The van der Waals surface area contributed by atoms with Crippen LogP contribution in [0.1, 0.15) is 31.2 Å². The molecule has 12 heteroatoms. The van der Waals surface area contributed by atoms with Crippen LogP contribution < -0.4 is 19.1 Å². The van der Waals surface area contributed by atoms with Crippen LogP contribution in [0.5, 0.6) is 17.6 Å². The zero-order valence-electron chi connectivity index (χ0n) is 25.0. The minimum atomic E-state index is -0.923. The second kappa shape index (κ2) is 11.5. The lowest BCUT2D eigenvalue weighted by molar-refractivity contribution is 0.0512. The lowest BCUT2D eigenvalue weighted by atomic mass is 9.95. The third-order valence-electron chi connectivity index (χ3n) is 8.96. The number of alkyl halides is 1. The lowest BCUT2D eigenvalue weighted by Crippen LogP contribution is -2.43. The van der Waals surface area contributed by atoms with Crippen LogP contribution in [0.2, 0.25) is 0 Å². The fourth-order valence-corrected chi connectivity index (χ4v) is 6.90. The van der Waals surface area contributed by atoms with Gasteiger partial charge in [-0.25, -0.2) is 18.2 Å². The van der Waals surface area contributed by atoms with Gasteiger partial charge in [0.15, 0.2) is 12.6 Å². The highest BCUT2D eigenvalue weighted by molar-refractivity contribution is 6.04. The molecule has 3 aliphatic rings. The molecule has 3 aliphatic heterocycles. The van der Waals surface area contributed by atoms with Gasteiger partial charge in [-0.15, -0.1) is 6.42 Å².